The quantitative estimate of drug-likeness (QED) is 0.926. The van der Waals surface area contributed by atoms with Crippen molar-refractivity contribution in [3.05, 3.63) is 59.9 Å². The molecule has 2 saturated heterocycles. The molecule has 2 aromatic rings. The molecule has 0 bridgehead atoms. The first-order valence-corrected chi connectivity index (χ1v) is 9.22. The number of piperidine rings is 1. The molecule has 0 atom stereocenters. The molecule has 0 saturated carbocycles. The van der Waals surface area contributed by atoms with Crippen LogP contribution in [0.1, 0.15) is 18.4 Å². The fourth-order valence-corrected chi connectivity index (χ4v) is 4.19. The van der Waals surface area contributed by atoms with Gasteiger partial charge in [-0.2, -0.15) is 0 Å². The predicted molar refractivity (Wildman–Crippen MR) is 102 cm³/mol. The van der Waals surface area contributed by atoms with Gasteiger partial charge in [-0.3, -0.25) is 0 Å². The van der Waals surface area contributed by atoms with Gasteiger partial charge in [0.25, 0.3) is 0 Å². The van der Waals surface area contributed by atoms with Crippen LogP contribution in [-0.4, -0.2) is 32.7 Å². The lowest BCUT2D eigenvalue weighted by Crippen LogP contribution is -2.60. The second-order valence-electron chi connectivity index (χ2n) is 7.52. The molecule has 4 rings (SSSR count). The van der Waals surface area contributed by atoms with Crippen LogP contribution in [0.25, 0.3) is 0 Å². The van der Waals surface area contributed by atoms with Gasteiger partial charge >= 0.3 is 0 Å². The van der Waals surface area contributed by atoms with E-state index in [-0.39, 0.29) is 5.82 Å². The van der Waals surface area contributed by atoms with Gasteiger partial charge in [-0.05, 0) is 67.8 Å². The van der Waals surface area contributed by atoms with Crippen LogP contribution in [0, 0.1) is 11.2 Å². The van der Waals surface area contributed by atoms with Crippen LogP contribution >= 0.6 is 0 Å². The Hall–Kier alpha value is -2.07. The zero-order chi connectivity index (χ0) is 17.3. The van der Waals surface area contributed by atoms with Crippen molar-refractivity contribution < 1.29 is 4.39 Å². The largest absolute Gasteiger partial charge is 0.371 e. The van der Waals surface area contributed by atoms with E-state index < -0.39 is 0 Å². The molecule has 2 heterocycles. The van der Waals surface area contributed by atoms with Crippen LogP contribution in [-0.2, 0) is 6.42 Å². The van der Waals surface area contributed by atoms with Crippen molar-refractivity contribution in [2.24, 2.45) is 11.1 Å². The fourth-order valence-electron chi connectivity index (χ4n) is 4.19. The molecule has 2 aliphatic rings. The third kappa shape index (κ3) is 3.36. The molecule has 0 aromatic heterocycles. The van der Waals surface area contributed by atoms with E-state index in [1.807, 2.05) is 12.1 Å². The van der Waals surface area contributed by atoms with Gasteiger partial charge in [-0.15, -0.1) is 0 Å². The van der Waals surface area contributed by atoms with Crippen LogP contribution in [0.2, 0.25) is 0 Å². The summed E-state index contributed by atoms with van der Waals surface area (Å²) in [5, 5.41) is 0. The lowest BCUT2D eigenvalue weighted by atomic mass is 9.71. The van der Waals surface area contributed by atoms with E-state index in [1.165, 1.54) is 24.1 Å². The lowest BCUT2D eigenvalue weighted by Gasteiger charge is -2.55. The molecule has 2 N–H and O–H groups in total. The van der Waals surface area contributed by atoms with Crippen molar-refractivity contribution in [2.75, 3.05) is 42.5 Å². The smallest absolute Gasteiger partial charge is 0.123 e. The molecule has 0 unspecified atom stereocenters. The first-order valence-electron chi connectivity index (χ1n) is 9.22. The van der Waals surface area contributed by atoms with Crippen molar-refractivity contribution in [2.45, 2.75) is 19.3 Å². The molecule has 0 radical (unpaired) electrons. The molecule has 4 heteroatoms. The molecule has 2 aliphatic heterocycles. The second-order valence-corrected chi connectivity index (χ2v) is 7.52. The Balaban J connectivity index is 1.32. The molecule has 0 amide bonds. The maximum Gasteiger partial charge on any atom is 0.123 e. The Morgan fingerprint density at radius 3 is 2.00 bits per heavy atom. The minimum absolute atomic E-state index is 0.162. The van der Waals surface area contributed by atoms with E-state index in [1.54, 1.807) is 12.1 Å². The summed E-state index contributed by atoms with van der Waals surface area (Å²) in [6.07, 6.45) is 3.41. The third-order valence-corrected chi connectivity index (χ3v) is 5.80. The highest BCUT2D eigenvalue weighted by Crippen LogP contribution is 2.43. The summed E-state index contributed by atoms with van der Waals surface area (Å²) >= 11 is 0. The molecule has 2 fully saturated rings. The van der Waals surface area contributed by atoms with Crippen molar-refractivity contribution in [1.82, 2.24) is 0 Å². The van der Waals surface area contributed by atoms with E-state index >= 15 is 0 Å². The van der Waals surface area contributed by atoms with E-state index in [4.69, 9.17) is 5.73 Å². The topological polar surface area (TPSA) is 32.5 Å². The van der Waals surface area contributed by atoms with Crippen LogP contribution in [0.5, 0.6) is 0 Å². The Kier molecular flexibility index (Phi) is 4.38. The summed E-state index contributed by atoms with van der Waals surface area (Å²) in [4.78, 5) is 4.87. The third-order valence-electron chi connectivity index (χ3n) is 5.80. The van der Waals surface area contributed by atoms with Gasteiger partial charge in [-0.1, -0.05) is 12.1 Å². The summed E-state index contributed by atoms with van der Waals surface area (Å²) in [5.74, 6) is -0.162. The van der Waals surface area contributed by atoms with Gasteiger partial charge in [0, 0.05) is 43.0 Å². The van der Waals surface area contributed by atoms with E-state index in [0.29, 0.717) is 12.0 Å². The number of nitrogens with zero attached hydrogens (tertiary/aromatic N) is 2. The zero-order valence-electron chi connectivity index (χ0n) is 14.6. The van der Waals surface area contributed by atoms with Crippen molar-refractivity contribution in [1.29, 1.82) is 0 Å². The van der Waals surface area contributed by atoms with Crippen LogP contribution in [0.15, 0.2) is 48.5 Å². The van der Waals surface area contributed by atoms with Gasteiger partial charge in [0.1, 0.15) is 5.82 Å². The Morgan fingerprint density at radius 1 is 0.840 bits per heavy atom. The molecule has 1 spiro atoms. The highest BCUT2D eigenvalue weighted by Gasteiger charge is 2.44. The molecule has 3 nitrogen and oxygen atoms in total. The van der Waals surface area contributed by atoms with Gasteiger partial charge in [0.15, 0.2) is 0 Å². The number of hydrogen-bond donors (Lipinski definition) is 1. The SMILES string of the molecule is NCCc1ccc(N2CCC3(CC2)CN(c2ccc(F)cc2)C3)cc1. The van der Waals surface area contributed by atoms with E-state index in [0.717, 1.165) is 38.3 Å². The fraction of sp³-hybridized carbons (Fsp3) is 0.429. The Morgan fingerprint density at radius 2 is 1.40 bits per heavy atom. The number of anilines is 2. The predicted octanol–water partition coefficient (Wildman–Crippen LogP) is 3.43. The van der Waals surface area contributed by atoms with Crippen LogP contribution in [0.4, 0.5) is 15.8 Å². The molecular weight excluding hydrogens is 313 g/mol. The maximum atomic E-state index is 13.1. The minimum Gasteiger partial charge on any atom is -0.371 e. The number of halogens is 1. The number of nitrogens with two attached hydrogens (primary N) is 1. The molecule has 132 valence electrons. The second kappa shape index (κ2) is 6.68. The van der Waals surface area contributed by atoms with E-state index in [2.05, 4.69) is 34.1 Å². The highest BCUT2D eigenvalue weighted by molar-refractivity contribution is 5.51. The van der Waals surface area contributed by atoms with Crippen LogP contribution in [0.3, 0.4) is 0 Å². The normalized spacial score (nSPS) is 19.1. The standard InChI is InChI=1S/C21H26FN3/c22-18-3-7-20(8-4-18)25-15-21(16-25)10-13-24(14-11-21)19-5-1-17(2-6-19)9-12-23/h1-8H,9-16,23H2. The molecule has 0 aliphatic carbocycles. The van der Waals surface area contributed by atoms with Crippen molar-refractivity contribution in [3.8, 4) is 0 Å². The Bertz CT molecular complexity index is 695. The van der Waals surface area contributed by atoms with Gasteiger partial charge in [-0.25, -0.2) is 4.39 Å². The first kappa shape index (κ1) is 16.4. The van der Waals surface area contributed by atoms with Crippen molar-refractivity contribution >= 4 is 11.4 Å². The maximum absolute atomic E-state index is 13.1. The average molecular weight is 339 g/mol. The number of hydrogen-bond acceptors (Lipinski definition) is 3. The van der Waals surface area contributed by atoms with Crippen LogP contribution < -0.4 is 15.5 Å². The summed E-state index contributed by atoms with van der Waals surface area (Å²) in [6.45, 7) is 5.14. The van der Waals surface area contributed by atoms with E-state index in [9.17, 15) is 4.39 Å². The summed E-state index contributed by atoms with van der Waals surface area (Å²) in [6, 6.07) is 15.7. The first-order chi connectivity index (χ1) is 12.2. The van der Waals surface area contributed by atoms with Crippen molar-refractivity contribution in [3.63, 3.8) is 0 Å². The monoisotopic (exact) mass is 339 g/mol. The molecular formula is C21H26FN3. The van der Waals surface area contributed by atoms with Gasteiger partial charge < -0.3 is 15.5 Å². The molecule has 2 aromatic carbocycles. The summed E-state index contributed by atoms with van der Waals surface area (Å²) < 4.78 is 13.1. The number of benzene rings is 2. The molecule has 25 heavy (non-hydrogen) atoms. The zero-order valence-corrected chi connectivity index (χ0v) is 14.6. The summed E-state index contributed by atoms with van der Waals surface area (Å²) in [7, 11) is 0. The minimum atomic E-state index is -0.162. The number of rotatable bonds is 4. The summed E-state index contributed by atoms with van der Waals surface area (Å²) in [5.41, 5.74) is 9.85. The highest BCUT2D eigenvalue weighted by atomic mass is 19.1. The average Bonchev–Trinajstić information content (AvgIpc) is 2.62. The lowest BCUT2D eigenvalue weighted by molar-refractivity contribution is 0.162. The van der Waals surface area contributed by atoms with Gasteiger partial charge in [0.05, 0.1) is 0 Å². The van der Waals surface area contributed by atoms with Gasteiger partial charge in [0.2, 0.25) is 0 Å². The Labute approximate surface area is 149 Å².